The molecule has 100 valence electrons. The summed E-state index contributed by atoms with van der Waals surface area (Å²) in [5.41, 5.74) is 2.98. The highest BCUT2D eigenvalue weighted by molar-refractivity contribution is 6.31. The highest BCUT2D eigenvalue weighted by atomic mass is 35.5. The molecule has 0 radical (unpaired) electrons. The molecule has 0 atom stereocenters. The number of anilines is 1. The second-order valence-corrected chi connectivity index (χ2v) is 4.98. The van der Waals surface area contributed by atoms with E-state index < -0.39 is 0 Å². The lowest BCUT2D eigenvalue weighted by atomic mass is 10.1. The molecular weight excluding hydrogens is 258 g/mol. The van der Waals surface area contributed by atoms with Crippen LogP contribution in [0.4, 0.5) is 5.82 Å². The lowest BCUT2D eigenvalue weighted by Crippen LogP contribution is -2.04. The Kier molecular flexibility index (Phi) is 4.38. The van der Waals surface area contributed by atoms with E-state index in [1.54, 1.807) is 0 Å². The minimum atomic E-state index is 0.757. The number of nitrogens with one attached hydrogen (secondary N) is 1. The van der Waals surface area contributed by atoms with E-state index in [1.165, 1.54) is 0 Å². The van der Waals surface area contributed by atoms with Crippen molar-refractivity contribution in [3.63, 3.8) is 0 Å². The molecule has 4 heteroatoms. The number of halogens is 1. The summed E-state index contributed by atoms with van der Waals surface area (Å²) in [7, 11) is 0. The molecule has 0 aliphatic heterocycles. The Morgan fingerprint density at radius 1 is 1.16 bits per heavy atom. The van der Waals surface area contributed by atoms with Crippen molar-refractivity contribution in [1.29, 1.82) is 0 Å². The van der Waals surface area contributed by atoms with Crippen molar-refractivity contribution in [2.45, 2.75) is 27.2 Å². The minimum absolute atomic E-state index is 0.757. The van der Waals surface area contributed by atoms with Crippen LogP contribution in [-0.2, 0) is 0 Å². The summed E-state index contributed by atoms with van der Waals surface area (Å²) in [6.45, 7) is 6.92. The van der Waals surface area contributed by atoms with Crippen molar-refractivity contribution in [2.75, 3.05) is 11.9 Å². The third-order valence-electron chi connectivity index (χ3n) is 2.86. The number of hydrogen-bond acceptors (Lipinski definition) is 3. The SMILES string of the molecule is CCCNc1cc(-c2ccc(C)c(Cl)c2)nc(C)n1. The van der Waals surface area contributed by atoms with Gasteiger partial charge in [0.25, 0.3) is 0 Å². The Bertz CT molecular complexity index is 582. The van der Waals surface area contributed by atoms with Gasteiger partial charge in [0.2, 0.25) is 0 Å². The van der Waals surface area contributed by atoms with E-state index in [0.717, 1.165) is 46.5 Å². The first-order valence-corrected chi connectivity index (χ1v) is 6.84. The van der Waals surface area contributed by atoms with E-state index in [9.17, 15) is 0 Å². The van der Waals surface area contributed by atoms with Crippen LogP contribution < -0.4 is 5.32 Å². The molecule has 0 bridgehead atoms. The second-order valence-electron chi connectivity index (χ2n) is 4.58. The average molecular weight is 276 g/mol. The molecule has 0 aliphatic carbocycles. The normalized spacial score (nSPS) is 10.5. The van der Waals surface area contributed by atoms with Gasteiger partial charge in [-0.1, -0.05) is 30.7 Å². The topological polar surface area (TPSA) is 37.8 Å². The zero-order chi connectivity index (χ0) is 13.8. The van der Waals surface area contributed by atoms with E-state index >= 15 is 0 Å². The van der Waals surface area contributed by atoms with E-state index in [2.05, 4.69) is 22.2 Å². The molecule has 0 saturated carbocycles. The van der Waals surface area contributed by atoms with Gasteiger partial charge in [0.05, 0.1) is 5.69 Å². The first-order valence-electron chi connectivity index (χ1n) is 6.46. The van der Waals surface area contributed by atoms with Gasteiger partial charge in [-0.15, -0.1) is 0 Å². The average Bonchev–Trinajstić information content (AvgIpc) is 2.39. The van der Waals surface area contributed by atoms with Crippen LogP contribution in [-0.4, -0.2) is 16.5 Å². The van der Waals surface area contributed by atoms with Crippen molar-refractivity contribution >= 4 is 17.4 Å². The van der Waals surface area contributed by atoms with Gasteiger partial charge in [-0.3, -0.25) is 0 Å². The molecule has 1 aromatic heterocycles. The third-order valence-corrected chi connectivity index (χ3v) is 3.27. The predicted molar refractivity (Wildman–Crippen MR) is 80.7 cm³/mol. The lowest BCUT2D eigenvalue weighted by Gasteiger charge is -2.08. The molecule has 2 aromatic rings. The second kappa shape index (κ2) is 6.02. The van der Waals surface area contributed by atoms with Gasteiger partial charge >= 0.3 is 0 Å². The highest BCUT2D eigenvalue weighted by Gasteiger charge is 2.06. The van der Waals surface area contributed by atoms with Crippen molar-refractivity contribution in [3.05, 3.63) is 40.7 Å². The van der Waals surface area contributed by atoms with Gasteiger partial charge in [-0.2, -0.15) is 0 Å². The molecule has 0 aliphatic rings. The summed E-state index contributed by atoms with van der Waals surface area (Å²) in [6.07, 6.45) is 1.06. The van der Waals surface area contributed by atoms with Gasteiger partial charge in [0.15, 0.2) is 0 Å². The number of aromatic nitrogens is 2. The molecule has 1 N–H and O–H groups in total. The smallest absolute Gasteiger partial charge is 0.130 e. The molecule has 19 heavy (non-hydrogen) atoms. The quantitative estimate of drug-likeness (QED) is 0.907. The number of nitrogens with zero attached hydrogens (tertiary/aromatic N) is 2. The first-order chi connectivity index (χ1) is 9.10. The zero-order valence-corrected chi connectivity index (χ0v) is 12.3. The summed E-state index contributed by atoms with van der Waals surface area (Å²) in [5.74, 6) is 1.62. The van der Waals surface area contributed by atoms with Crippen molar-refractivity contribution < 1.29 is 0 Å². The van der Waals surface area contributed by atoms with Gasteiger partial charge in [-0.05, 0) is 31.9 Å². The molecule has 0 unspecified atom stereocenters. The number of benzene rings is 1. The van der Waals surface area contributed by atoms with Crippen LogP contribution >= 0.6 is 11.6 Å². The van der Waals surface area contributed by atoms with Gasteiger partial charge < -0.3 is 5.32 Å². The third kappa shape index (κ3) is 3.44. The van der Waals surface area contributed by atoms with Gasteiger partial charge in [-0.25, -0.2) is 9.97 Å². The Labute approximate surface area is 119 Å². The predicted octanol–water partition coefficient (Wildman–Crippen LogP) is 4.24. The Morgan fingerprint density at radius 2 is 1.95 bits per heavy atom. The van der Waals surface area contributed by atoms with E-state index in [1.807, 2.05) is 38.1 Å². The maximum atomic E-state index is 6.17. The summed E-state index contributed by atoms with van der Waals surface area (Å²) >= 11 is 6.17. The van der Waals surface area contributed by atoms with Gasteiger partial charge in [0.1, 0.15) is 11.6 Å². The first kappa shape index (κ1) is 13.8. The van der Waals surface area contributed by atoms with E-state index in [-0.39, 0.29) is 0 Å². The molecule has 1 heterocycles. The molecule has 0 spiro atoms. The summed E-state index contributed by atoms with van der Waals surface area (Å²) < 4.78 is 0. The Balaban J connectivity index is 2.37. The molecule has 3 nitrogen and oxygen atoms in total. The van der Waals surface area contributed by atoms with Crippen LogP contribution in [0, 0.1) is 13.8 Å². The monoisotopic (exact) mass is 275 g/mol. The number of rotatable bonds is 4. The Hall–Kier alpha value is -1.61. The maximum Gasteiger partial charge on any atom is 0.130 e. The molecule has 1 aromatic carbocycles. The summed E-state index contributed by atoms with van der Waals surface area (Å²) in [5, 5.41) is 4.05. The summed E-state index contributed by atoms with van der Waals surface area (Å²) in [4.78, 5) is 8.85. The van der Waals surface area contributed by atoms with Gasteiger partial charge in [0, 0.05) is 23.2 Å². The summed E-state index contributed by atoms with van der Waals surface area (Å²) in [6, 6.07) is 7.95. The number of hydrogen-bond donors (Lipinski definition) is 1. The van der Waals surface area contributed by atoms with Crippen molar-refractivity contribution in [3.8, 4) is 11.3 Å². The zero-order valence-electron chi connectivity index (χ0n) is 11.5. The molecule has 0 saturated heterocycles. The van der Waals surface area contributed by atoms with Crippen LogP contribution in [0.3, 0.4) is 0 Å². The fraction of sp³-hybridized carbons (Fsp3) is 0.333. The standard InChI is InChI=1S/C15H18ClN3/c1-4-7-17-15-9-14(18-11(3)19-15)12-6-5-10(2)13(16)8-12/h5-6,8-9H,4,7H2,1-3H3,(H,17,18,19). The highest BCUT2D eigenvalue weighted by Crippen LogP contribution is 2.25. The van der Waals surface area contributed by atoms with E-state index in [4.69, 9.17) is 11.6 Å². The molecule has 2 rings (SSSR count). The molecule has 0 fully saturated rings. The molecular formula is C15H18ClN3. The minimum Gasteiger partial charge on any atom is -0.370 e. The van der Waals surface area contributed by atoms with E-state index in [0.29, 0.717) is 0 Å². The maximum absolute atomic E-state index is 6.17. The number of aryl methyl sites for hydroxylation is 2. The Morgan fingerprint density at radius 3 is 2.63 bits per heavy atom. The van der Waals surface area contributed by atoms with Crippen LogP contribution in [0.2, 0.25) is 5.02 Å². The van der Waals surface area contributed by atoms with Crippen molar-refractivity contribution in [1.82, 2.24) is 9.97 Å². The van der Waals surface area contributed by atoms with Crippen molar-refractivity contribution in [2.24, 2.45) is 0 Å². The molecule has 0 amide bonds. The fourth-order valence-electron chi connectivity index (χ4n) is 1.81. The van der Waals surface area contributed by atoms with Crippen LogP contribution in [0.5, 0.6) is 0 Å². The van der Waals surface area contributed by atoms with Crippen LogP contribution in [0.25, 0.3) is 11.3 Å². The van der Waals surface area contributed by atoms with Crippen LogP contribution in [0.1, 0.15) is 24.7 Å². The fourth-order valence-corrected chi connectivity index (χ4v) is 1.99. The lowest BCUT2D eigenvalue weighted by molar-refractivity contribution is 0.955. The van der Waals surface area contributed by atoms with Crippen LogP contribution in [0.15, 0.2) is 24.3 Å². The largest absolute Gasteiger partial charge is 0.370 e.